The van der Waals surface area contributed by atoms with Crippen molar-refractivity contribution >= 4 is 17.7 Å². The highest BCUT2D eigenvalue weighted by Crippen LogP contribution is 2.25. The van der Waals surface area contributed by atoms with Crippen molar-refractivity contribution in [2.24, 2.45) is 5.41 Å². The van der Waals surface area contributed by atoms with E-state index in [0.717, 1.165) is 10.5 Å². The average Bonchev–Trinajstić information content (AvgIpc) is 2.69. The molecular formula is C18H24N2O3. The lowest BCUT2D eigenvalue weighted by Gasteiger charge is -2.23. The van der Waals surface area contributed by atoms with Crippen molar-refractivity contribution in [2.75, 3.05) is 6.54 Å². The Labute approximate surface area is 137 Å². The number of urea groups is 1. The van der Waals surface area contributed by atoms with Gasteiger partial charge in [-0.1, -0.05) is 51.1 Å². The number of nitrogens with one attached hydrogen (secondary N) is 1. The van der Waals surface area contributed by atoms with Crippen LogP contribution in [0.15, 0.2) is 30.3 Å². The Morgan fingerprint density at radius 3 is 2.35 bits per heavy atom. The number of benzene rings is 1. The van der Waals surface area contributed by atoms with Gasteiger partial charge in [0, 0.05) is 5.41 Å². The molecule has 1 saturated heterocycles. The van der Waals surface area contributed by atoms with Crippen molar-refractivity contribution in [3.63, 3.8) is 0 Å². The van der Waals surface area contributed by atoms with E-state index >= 15 is 0 Å². The molecule has 1 aromatic carbocycles. The molecule has 5 heteroatoms. The Morgan fingerprint density at radius 1 is 1.17 bits per heavy atom. The van der Waals surface area contributed by atoms with Gasteiger partial charge in [0.2, 0.25) is 0 Å². The fourth-order valence-electron chi connectivity index (χ4n) is 2.48. The number of rotatable bonds is 5. The molecule has 0 aliphatic carbocycles. The lowest BCUT2D eigenvalue weighted by molar-refractivity contribution is -0.136. The van der Waals surface area contributed by atoms with Gasteiger partial charge in [0.05, 0.1) is 6.54 Å². The highest BCUT2D eigenvalue weighted by atomic mass is 16.2. The summed E-state index contributed by atoms with van der Waals surface area (Å²) in [5.74, 6) is -0.454. The first kappa shape index (κ1) is 17.2. The second-order valence-corrected chi connectivity index (χ2v) is 7.31. The highest BCUT2D eigenvalue weighted by molar-refractivity contribution is 6.09. The molecule has 5 nitrogen and oxygen atoms in total. The van der Waals surface area contributed by atoms with Crippen LogP contribution < -0.4 is 5.32 Å². The van der Waals surface area contributed by atoms with E-state index < -0.39 is 17.0 Å². The maximum Gasteiger partial charge on any atom is 0.325 e. The van der Waals surface area contributed by atoms with Gasteiger partial charge in [0.1, 0.15) is 5.54 Å². The van der Waals surface area contributed by atoms with Crippen LogP contribution in [0.2, 0.25) is 0 Å². The SMILES string of the molecule is CC(C)(C)C(=O)CN1C(=O)N[C@@](C)(CCc2ccccc2)C1=O. The zero-order valence-electron chi connectivity index (χ0n) is 14.2. The van der Waals surface area contributed by atoms with E-state index in [1.165, 1.54) is 0 Å². The van der Waals surface area contributed by atoms with Crippen LogP contribution in [0.1, 0.15) is 39.7 Å². The molecule has 0 saturated carbocycles. The molecule has 1 heterocycles. The molecule has 1 N–H and O–H groups in total. The molecule has 124 valence electrons. The molecule has 1 atom stereocenters. The van der Waals surface area contributed by atoms with Gasteiger partial charge < -0.3 is 5.32 Å². The van der Waals surface area contributed by atoms with E-state index in [0.29, 0.717) is 12.8 Å². The number of imide groups is 1. The third-order valence-corrected chi connectivity index (χ3v) is 4.24. The van der Waals surface area contributed by atoms with Crippen molar-refractivity contribution in [3.05, 3.63) is 35.9 Å². The monoisotopic (exact) mass is 316 g/mol. The zero-order chi connectivity index (χ0) is 17.3. The second-order valence-electron chi connectivity index (χ2n) is 7.31. The van der Waals surface area contributed by atoms with E-state index in [9.17, 15) is 14.4 Å². The summed E-state index contributed by atoms with van der Waals surface area (Å²) >= 11 is 0. The molecule has 1 aliphatic rings. The topological polar surface area (TPSA) is 66.5 Å². The third kappa shape index (κ3) is 3.78. The molecule has 2 rings (SSSR count). The molecule has 3 amide bonds. The van der Waals surface area contributed by atoms with Gasteiger partial charge in [-0.15, -0.1) is 0 Å². The lowest BCUT2D eigenvalue weighted by Crippen LogP contribution is -2.45. The third-order valence-electron chi connectivity index (χ3n) is 4.24. The van der Waals surface area contributed by atoms with E-state index in [1.54, 1.807) is 27.7 Å². The first-order valence-electron chi connectivity index (χ1n) is 7.85. The number of carbonyl (C=O) groups is 3. The van der Waals surface area contributed by atoms with Gasteiger partial charge >= 0.3 is 6.03 Å². The van der Waals surface area contributed by atoms with Gasteiger partial charge in [-0.2, -0.15) is 0 Å². The number of hydrogen-bond donors (Lipinski definition) is 1. The summed E-state index contributed by atoms with van der Waals surface area (Å²) in [5.41, 5.74) is -0.422. The summed E-state index contributed by atoms with van der Waals surface area (Å²) in [6, 6.07) is 9.33. The molecule has 0 bridgehead atoms. The molecular weight excluding hydrogens is 292 g/mol. The number of amides is 3. The minimum Gasteiger partial charge on any atom is -0.323 e. The lowest BCUT2D eigenvalue weighted by atomic mass is 9.90. The standard InChI is InChI=1S/C18H24N2O3/c1-17(2,3)14(21)12-20-15(22)18(4,19-16(20)23)11-10-13-8-6-5-7-9-13/h5-9H,10-12H2,1-4H3,(H,19,23)/t18-/m0/s1. The quantitative estimate of drug-likeness (QED) is 0.849. The van der Waals surface area contributed by atoms with Gasteiger partial charge in [0.15, 0.2) is 5.78 Å². The zero-order valence-corrected chi connectivity index (χ0v) is 14.2. The smallest absolute Gasteiger partial charge is 0.323 e. The summed E-state index contributed by atoms with van der Waals surface area (Å²) < 4.78 is 0. The number of aryl methyl sites for hydroxylation is 1. The van der Waals surface area contributed by atoms with E-state index in [-0.39, 0.29) is 18.2 Å². The van der Waals surface area contributed by atoms with Crippen LogP contribution in [-0.2, 0) is 16.0 Å². The maximum absolute atomic E-state index is 12.6. The Bertz CT molecular complexity index is 619. The van der Waals surface area contributed by atoms with Crippen LogP contribution in [0.4, 0.5) is 4.79 Å². The fourth-order valence-corrected chi connectivity index (χ4v) is 2.48. The molecule has 0 aromatic heterocycles. The van der Waals surface area contributed by atoms with Crippen molar-refractivity contribution in [3.8, 4) is 0 Å². The van der Waals surface area contributed by atoms with Crippen LogP contribution >= 0.6 is 0 Å². The van der Waals surface area contributed by atoms with E-state index in [2.05, 4.69) is 5.32 Å². The number of Topliss-reactive ketones (excluding diaryl/α,β-unsaturated/α-hetero) is 1. The van der Waals surface area contributed by atoms with Gasteiger partial charge in [-0.3, -0.25) is 14.5 Å². The Kier molecular flexibility index (Phi) is 4.59. The minimum absolute atomic E-state index is 0.131. The minimum atomic E-state index is -0.953. The Hall–Kier alpha value is -2.17. The van der Waals surface area contributed by atoms with Crippen LogP contribution in [-0.4, -0.2) is 34.7 Å². The van der Waals surface area contributed by atoms with Gasteiger partial charge in [0.25, 0.3) is 5.91 Å². The van der Waals surface area contributed by atoms with E-state index in [1.807, 2.05) is 30.3 Å². The summed E-state index contributed by atoms with van der Waals surface area (Å²) in [6.07, 6.45) is 1.19. The first-order valence-corrected chi connectivity index (χ1v) is 7.85. The molecule has 1 fully saturated rings. The normalized spacial score (nSPS) is 21.5. The molecule has 0 unspecified atom stereocenters. The predicted molar refractivity (Wildman–Crippen MR) is 87.9 cm³/mol. The molecule has 23 heavy (non-hydrogen) atoms. The van der Waals surface area contributed by atoms with Crippen LogP contribution in [0.25, 0.3) is 0 Å². The van der Waals surface area contributed by atoms with Crippen LogP contribution in [0.5, 0.6) is 0 Å². The number of nitrogens with zero attached hydrogens (tertiary/aromatic N) is 1. The molecule has 1 aliphatic heterocycles. The summed E-state index contributed by atoms with van der Waals surface area (Å²) in [6.45, 7) is 6.89. The maximum atomic E-state index is 12.6. The Balaban J connectivity index is 2.06. The first-order chi connectivity index (χ1) is 10.6. The molecule has 0 radical (unpaired) electrons. The number of carbonyl (C=O) groups excluding carboxylic acids is 3. The molecule has 1 aromatic rings. The predicted octanol–water partition coefficient (Wildman–Crippen LogP) is 2.54. The van der Waals surface area contributed by atoms with Gasteiger partial charge in [-0.05, 0) is 25.3 Å². The Morgan fingerprint density at radius 2 is 1.78 bits per heavy atom. The van der Waals surface area contributed by atoms with Crippen LogP contribution in [0.3, 0.4) is 0 Å². The number of ketones is 1. The molecule has 0 spiro atoms. The largest absolute Gasteiger partial charge is 0.325 e. The fraction of sp³-hybridized carbons (Fsp3) is 0.500. The summed E-state index contributed by atoms with van der Waals surface area (Å²) in [7, 11) is 0. The summed E-state index contributed by atoms with van der Waals surface area (Å²) in [4.78, 5) is 37.9. The number of hydrogen-bond acceptors (Lipinski definition) is 3. The van der Waals surface area contributed by atoms with E-state index in [4.69, 9.17) is 0 Å². The second kappa shape index (κ2) is 6.14. The van der Waals surface area contributed by atoms with Crippen molar-refractivity contribution < 1.29 is 14.4 Å². The van der Waals surface area contributed by atoms with Gasteiger partial charge in [-0.25, -0.2) is 4.79 Å². The van der Waals surface area contributed by atoms with Crippen molar-refractivity contribution in [1.29, 1.82) is 0 Å². The summed E-state index contributed by atoms with van der Waals surface area (Å²) in [5, 5.41) is 2.74. The van der Waals surface area contributed by atoms with Crippen molar-refractivity contribution in [1.82, 2.24) is 10.2 Å². The van der Waals surface area contributed by atoms with Crippen molar-refractivity contribution in [2.45, 2.75) is 46.1 Å². The average molecular weight is 316 g/mol. The van der Waals surface area contributed by atoms with Crippen LogP contribution in [0, 0.1) is 5.41 Å². The highest BCUT2D eigenvalue weighted by Gasteiger charge is 2.48.